The minimum absolute atomic E-state index is 0.352. The molecular weight excluding hydrogens is 308 g/mol. The average Bonchev–Trinajstić information content (AvgIpc) is 3.11. The Hall–Kier alpha value is -3.20. The van der Waals surface area contributed by atoms with Crippen LogP contribution >= 0.6 is 0 Å². The number of H-pyrrole nitrogens is 1. The van der Waals surface area contributed by atoms with Gasteiger partial charge in [0.1, 0.15) is 11.6 Å². The Morgan fingerprint density at radius 3 is 2.96 bits per heavy atom. The molecule has 124 valence electrons. The highest BCUT2D eigenvalue weighted by Gasteiger charge is 2.05. The fourth-order valence-corrected chi connectivity index (χ4v) is 2.10. The highest BCUT2D eigenvalue weighted by atomic mass is 16.2. The number of rotatable bonds is 6. The van der Waals surface area contributed by atoms with E-state index < -0.39 is 0 Å². The second kappa shape index (κ2) is 7.38. The monoisotopic (exact) mass is 326 g/mol. The molecule has 0 aliphatic heterocycles. The topological polar surface area (TPSA) is 134 Å². The zero-order valence-corrected chi connectivity index (χ0v) is 12.9. The van der Waals surface area contributed by atoms with Gasteiger partial charge >= 0.3 is 6.03 Å². The van der Waals surface area contributed by atoms with Crippen molar-refractivity contribution in [3.05, 3.63) is 42.4 Å². The maximum Gasteiger partial charge on any atom is 0.320 e. The molecule has 3 aromatic heterocycles. The maximum absolute atomic E-state index is 11.9. The molecule has 9 heteroatoms. The third kappa shape index (κ3) is 3.96. The smallest absolute Gasteiger partial charge is 0.320 e. The molecule has 24 heavy (non-hydrogen) atoms. The molecule has 0 aliphatic carbocycles. The maximum atomic E-state index is 11.9. The number of urea groups is 1. The minimum atomic E-state index is -0.353. The van der Waals surface area contributed by atoms with Gasteiger partial charge in [-0.05, 0) is 18.2 Å². The summed E-state index contributed by atoms with van der Waals surface area (Å²) in [4.78, 5) is 20.6. The van der Waals surface area contributed by atoms with Crippen molar-refractivity contribution < 1.29 is 4.79 Å². The van der Waals surface area contributed by atoms with Crippen LogP contribution < -0.4 is 21.7 Å². The van der Waals surface area contributed by atoms with E-state index in [-0.39, 0.29) is 6.03 Å². The van der Waals surface area contributed by atoms with E-state index in [2.05, 4.69) is 36.1 Å². The van der Waals surface area contributed by atoms with E-state index in [9.17, 15) is 4.79 Å². The summed E-state index contributed by atoms with van der Waals surface area (Å²) < 4.78 is 0. The van der Waals surface area contributed by atoms with Crippen LogP contribution in [0.3, 0.4) is 0 Å². The van der Waals surface area contributed by atoms with Crippen molar-refractivity contribution in [2.45, 2.75) is 6.54 Å². The summed E-state index contributed by atoms with van der Waals surface area (Å²) in [6, 6.07) is 6.93. The quantitative estimate of drug-likeness (QED) is 0.459. The predicted octanol–water partition coefficient (Wildman–Crippen LogP) is 1.05. The molecular formula is C15H18N8O. The molecule has 0 saturated carbocycles. The Morgan fingerprint density at radius 2 is 2.17 bits per heavy atom. The first-order chi connectivity index (χ1) is 11.7. The molecule has 3 aromatic rings. The highest BCUT2D eigenvalue weighted by molar-refractivity contribution is 5.90. The number of fused-ring (bicyclic) bond motifs is 1. The number of nitrogens with zero attached hydrogens (tertiary/aromatic N) is 3. The fourth-order valence-electron chi connectivity index (χ4n) is 2.10. The van der Waals surface area contributed by atoms with Gasteiger partial charge in [0.25, 0.3) is 0 Å². The van der Waals surface area contributed by atoms with E-state index in [0.29, 0.717) is 25.5 Å². The molecule has 3 rings (SSSR count). The lowest BCUT2D eigenvalue weighted by Gasteiger charge is -2.08. The van der Waals surface area contributed by atoms with Crippen molar-refractivity contribution in [1.82, 2.24) is 25.5 Å². The largest absolute Gasteiger partial charge is 0.369 e. The SMILES string of the molecule is NCCNc1ccc2cnc(NC(=O)NCc3ccn[nH]3)cc2n1. The number of hydrogen-bond acceptors (Lipinski definition) is 6. The van der Waals surface area contributed by atoms with Crippen LogP contribution in [0.4, 0.5) is 16.4 Å². The number of aromatic nitrogens is 4. The first-order valence-corrected chi connectivity index (χ1v) is 7.48. The number of nitrogens with two attached hydrogens (primary N) is 1. The number of anilines is 2. The summed E-state index contributed by atoms with van der Waals surface area (Å²) in [6.07, 6.45) is 3.29. The Morgan fingerprint density at radius 1 is 1.25 bits per heavy atom. The van der Waals surface area contributed by atoms with Crippen LogP contribution in [0.15, 0.2) is 36.7 Å². The molecule has 2 amide bonds. The normalized spacial score (nSPS) is 10.5. The van der Waals surface area contributed by atoms with E-state index in [1.807, 2.05) is 12.1 Å². The van der Waals surface area contributed by atoms with Gasteiger partial charge in [0.05, 0.1) is 17.8 Å². The van der Waals surface area contributed by atoms with Crippen LogP contribution in [0.1, 0.15) is 5.69 Å². The van der Waals surface area contributed by atoms with Gasteiger partial charge < -0.3 is 16.4 Å². The van der Waals surface area contributed by atoms with Crippen LogP contribution in [-0.2, 0) is 6.54 Å². The van der Waals surface area contributed by atoms with E-state index in [0.717, 1.165) is 22.4 Å². The van der Waals surface area contributed by atoms with Crippen LogP contribution in [0.25, 0.3) is 10.9 Å². The molecule has 0 atom stereocenters. The molecule has 0 saturated heterocycles. The molecule has 9 nitrogen and oxygen atoms in total. The summed E-state index contributed by atoms with van der Waals surface area (Å²) in [6.45, 7) is 1.52. The van der Waals surface area contributed by atoms with Crippen molar-refractivity contribution in [2.24, 2.45) is 5.73 Å². The summed E-state index contributed by atoms with van der Waals surface area (Å²) >= 11 is 0. The summed E-state index contributed by atoms with van der Waals surface area (Å²) in [5.74, 6) is 1.15. The number of hydrogen-bond donors (Lipinski definition) is 5. The van der Waals surface area contributed by atoms with Crippen LogP contribution in [0.2, 0.25) is 0 Å². The van der Waals surface area contributed by atoms with Crippen molar-refractivity contribution in [1.29, 1.82) is 0 Å². The average molecular weight is 326 g/mol. The van der Waals surface area contributed by atoms with E-state index >= 15 is 0 Å². The van der Waals surface area contributed by atoms with Crippen molar-refractivity contribution in [3.63, 3.8) is 0 Å². The van der Waals surface area contributed by atoms with Gasteiger partial charge in [-0.15, -0.1) is 0 Å². The molecule has 6 N–H and O–H groups in total. The number of carbonyl (C=O) groups excluding carboxylic acids is 1. The number of amides is 2. The molecule has 0 aliphatic rings. The lowest BCUT2D eigenvalue weighted by Crippen LogP contribution is -2.28. The van der Waals surface area contributed by atoms with Crippen molar-refractivity contribution >= 4 is 28.6 Å². The number of pyridine rings is 2. The summed E-state index contributed by atoms with van der Waals surface area (Å²) in [5.41, 5.74) is 7.02. The molecule has 0 bridgehead atoms. The Bertz CT molecular complexity index is 817. The Kier molecular flexibility index (Phi) is 4.82. The highest BCUT2D eigenvalue weighted by Crippen LogP contribution is 2.17. The third-order valence-corrected chi connectivity index (χ3v) is 3.26. The van der Waals surface area contributed by atoms with E-state index in [1.54, 1.807) is 24.5 Å². The van der Waals surface area contributed by atoms with Crippen LogP contribution in [-0.4, -0.2) is 39.3 Å². The molecule has 3 heterocycles. The van der Waals surface area contributed by atoms with Crippen LogP contribution in [0.5, 0.6) is 0 Å². The zero-order chi connectivity index (χ0) is 16.8. The fraction of sp³-hybridized carbons (Fsp3) is 0.200. The van der Waals surface area contributed by atoms with Gasteiger partial charge in [0, 0.05) is 36.9 Å². The van der Waals surface area contributed by atoms with Crippen LogP contribution in [0, 0.1) is 0 Å². The van der Waals surface area contributed by atoms with E-state index in [4.69, 9.17) is 5.73 Å². The summed E-state index contributed by atoms with van der Waals surface area (Å²) in [7, 11) is 0. The first-order valence-electron chi connectivity index (χ1n) is 7.48. The summed E-state index contributed by atoms with van der Waals surface area (Å²) in [5, 5.41) is 16.0. The number of nitrogens with one attached hydrogen (secondary N) is 4. The third-order valence-electron chi connectivity index (χ3n) is 3.26. The van der Waals surface area contributed by atoms with Gasteiger partial charge in [-0.25, -0.2) is 14.8 Å². The second-order valence-corrected chi connectivity index (χ2v) is 5.06. The Balaban J connectivity index is 1.66. The molecule has 0 radical (unpaired) electrons. The van der Waals surface area contributed by atoms with Gasteiger partial charge in [-0.2, -0.15) is 5.10 Å². The standard InChI is InChI=1S/C15H18N8O/c16-4-6-17-13-2-1-10-8-18-14(7-12(10)21-13)22-15(24)19-9-11-3-5-20-23-11/h1-3,5,7-8H,4,6,9,16H2,(H,17,21)(H,20,23)(H2,18,19,22,24). The van der Waals surface area contributed by atoms with Gasteiger partial charge in [0.15, 0.2) is 0 Å². The van der Waals surface area contributed by atoms with Gasteiger partial charge in [0.2, 0.25) is 0 Å². The molecule has 0 aromatic carbocycles. The van der Waals surface area contributed by atoms with E-state index in [1.165, 1.54) is 0 Å². The second-order valence-electron chi connectivity index (χ2n) is 5.06. The zero-order valence-electron chi connectivity index (χ0n) is 12.9. The van der Waals surface area contributed by atoms with Crippen molar-refractivity contribution in [3.8, 4) is 0 Å². The van der Waals surface area contributed by atoms with Crippen molar-refractivity contribution in [2.75, 3.05) is 23.7 Å². The lowest BCUT2D eigenvalue weighted by atomic mass is 10.2. The first kappa shape index (κ1) is 15.7. The van der Waals surface area contributed by atoms with Gasteiger partial charge in [-0.3, -0.25) is 10.4 Å². The molecule has 0 spiro atoms. The lowest BCUT2D eigenvalue weighted by molar-refractivity contribution is 0.251. The molecule has 0 fully saturated rings. The predicted molar refractivity (Wildman–Crippen MR) is 91.5 cm³/mol. The number of carbonyl (C=O) groups is 1. The Labute approximate surface area is 138 Å². The molecule has 0 unspecified atom stereocenters. The number of aromatic amines is 1. The van der Waals surface area contributed by atoms with Gasteiger partial charge in [-0.1, -0.05) is 0 Å². The minimum Gasteiger partial charge on any atom is -0.369 e.